The zero-order valence-corrected chi connectivity index (χ0v) is 11.7. The van der Waals surface area contributed by atoms with E-state index in [0.29, 0.717) is 6.54 Å². The first-order valence-electron chi connectivity index (χ1n) is 6.27. The highest BCUT2D eigenvalue weighted by Gasteiger charge is 2.31. The average Bonchev–Trinajstić information content (AvgIpc) is 2.78. The van der Waals surface area contributed by atoms with Crippen LogP contribution in [0.4, 0.5) is 0 Å². The van der Waals surface area contributed by atoms with Gasteiger partial charge in [-0.2, -0.15) is 9.40 Å². The van der Waals surface area contributed by atoms with Crippen LogP contribution in [-0.2, 0) is 17.1 Å². The first kappa shape index (κ1) is 13.5. The smallest absolute Gasteiger partial charge is 0.246 e. The molecule has 1 aliphatic heterocycles. The number of rotatable bonds is 4. The molecule has 6 nitrogen and oxygen atoms in total. The summed E-state index contributed by atoms with van der Waals surface area (Å²) < 4.78 is 28.2. The van der Waals surface area contributed by atoms with Crippen LogP contribution in [0.5, 0.6) is 0 Å². The summed E-state index contributed by atoms with van der Waals surface area (Å²) in [6, 6.07) is 0.0986. The van der Waals surface area contributed by atoms with E-state index < -0.39 is 10.0 Å². The average molecular weight is 272 g/mol. The molecular formula is C11H20N4O2S. The summed E-state index contributed by atoms with van der Waals surface area (Å²) in [6.07, 6.45) is 4.71. The third-order valence-electron chi connectivity index (χ3n) is 3.32. The number of aromatic nitrogens is 2. The van der Waals surface area contributed by atoms with Crippen molar-refractivity contribution in [1.82, 2.24) is 19.4 Å². The monoisotopic (exact) mass is 272 g/mol. The molecule has 0 unspecified atom stereocenters. The largest absolute Gasteiger partial charge is 0.317 e. The molecule has 1 saturated heterocycles. The van der Waals surface area contributed by atoms with Crippen LogP contribution < -0.4 is 5.32 Å². The van der Waals surface area contributed by atoms with Gasteiger partial charge >= 0.3 is 0 Å². The van der Waals surface area contributed by atoms with E-state index >= 15 is 0 Å². The van der Waals surface area contributed by atoms with E-state index in [2.05, 4.69) is 10.4 Å². The summed E-state index contributed by atoms with van der Waals surface area (Å²) in [5, 5.41) is 7.19. The molecule has 2 heterocycles. The topological polar surface area (TPSA) is 67.2 Å². The molecule has 1 N–H and O–H groups in total. The third-order valence-corrected chi connectivity index (χ3v) is 5.30. The molecule has 2 rings (SSSR count). The molecule has 0 aromatic carbocycles. The van der Waals surface area contributed by atoms with E-state index in [4.69, 9.17) is 0 Å². The summed E-state index contributed by atoms with van der Waals surface area (Å²) in [7, 11) is -1.69. The second kappa shape index (κ2) is 5.38. The summed E-state index contributed by atoms with van der Waals surface area (Å²) in [5.74, 6) is 0. The Labute approximate surface area is 108 Å². The number of piperidine rings is 1. The van der Waals surface area contributed by atoms with Gasteiger partial charge in [-0.05, 0) is 25.9 Å². The van der Waals surface area contributed by atoms with Crippen LogP contribution in [0.25, 0.3) is 0 Å². The van der Waals surface area contributed by atoms with E-state index in [1.165, 1.54) is 10.9 Å². The summed E-state index contributed by atoms with van der Waals surface area (Å²) in [4.78, 5) is 0.283. The van der Waals surface area contributed by atoms with Crippen molar-refractivity contribution in [2.45, 2.75) is 30.7 Å². The molecule has 1 fully saturated rings. The van der Waals surface area contributed by atoms with Gasteiger partial charge in [-0.1, -0.05) is 6.92 Å². The molecule has 0 atom stereocenters. The Morgan fingerprint density at radius 3 is 2.67 bits per heavy atom. The van der Waals surface area contributed by atoms with Crippen LogP contribution in [-0.4, -0.2) is 48.2 Å². The van der Waals surface area contributed by atoms with Crippen molar-refractivity contribution >= 4 is 10.0 Å². The Morgan fingerprint density at radius 1 is 1.50 bits per heavy atom. The molecule has 0 amide bonds. The minimum absolute atomic E-state index is 0.0986. The Morgan fingerprint density at radius 2 is 2.17 bits per heavy atom. The Hall–Kier alpha value is -0.920. The number of nitrogens with zero attached hydrogens (tertiary/aromatic N) is 3. The van der Waals surface area contributed by atoms with Gasteiger partial charge in [-0.15, -0.1) is 0 Å². The van der Waals surface area contributed by atoms with Crippen LogP contribution in [0.3, 0.4) is 0 Å². The summed E-state index contributed by atoms with van der Waals surface area (Å²) in [5.41, 5.74) is 0. The predicted molar refractivity (Wildman–Crippen MR) is 68.7 cm³/mol. The van der Waals surface area contributed by atoms with Crippen molar-refractivity contribution in [3.05, 3.63) is 12.4 Å². The zero-order valence-electron chi connectivity index (χ0n) is 10.8. The molecule has 18 heavy (non-hydrogen) atoms. The van der Waals surface area contributed by atoms with Crippen molar-refractivity contribution < 1.29 is 8.42 Å². The maximum atomic E-state index is 12.5. The van der Waals surface area contributed by atoms with E-state index in [9.17, 15) is 8.42 Å². The standard InChI is InChI=1S/C11H20N4O2S/c1-3-15(10-4-6-12-7-5-10)18(16,17)11-8-13-14(2)9-11/h8-10,12H,3-7H2,1-2H3. The van der Waals surface area contributed by atoms with Gasteiger partial charge in [-0.25, -0.2) is 8.42 Å². The summed E-state index contributed by atoms with van der Waals surface area (Å²) >= 11 is 0. The Kier molecular flexibility index (Phi) is 4.04. The molecule has 7 heteroatoms. The van der Waals surface area contributed by atoms with Crippen molar-refractivity contribution in [3.8, 4) is 0 Å². The molecule has 0 saturated carbocycles. The fourth-order valence-electron chi connectivity index (χ4n) is 2.39. The van der Waals surface area contributed by atoms with Crippen LogP contribution in [0, 0.1) is 0 Å². The van der Waals surface area contributed by atoms with Gasteiger partial charge in [0.05, 0.1) is 6.20 Å². The van der Waals surface area contributed by atoms with E-state index in [0.717, 1.165) is 25.9 Å². The SMILES string of the molecule is CCN(C1CCNCC1)S(=O)(=O)c1cnn(C)c1. The second-order valence-corrected chi connectivity index (χ2v) is 6.43. The van der Waals surface area contributed by atoms with Crippen LogP contribution in [0.2, 0.25) is 0 Å². The normalized spacial score (nSPS) is 18.4. The lowest BCUT2D eigenvalue weighted by Crippen LogP contribution is -2.45. The van der Waals surface area contributed by atoms with E-state index in [-0.39, 0.29) is 10.9 Å². The highest BCUT2D eigenvalue weighted by Crippen LogP contribution is 2.21. The lowest BCUT2D eigenvalue weighted by molar-refractivity contribution is 0.271. The molecule has 1 aromatic heterocycles. The maximum absolute atomic E-state index is 12.5. The Balaban J connectivity index is 2.25. The van der Waals surface area contributed by atoms with Crippen molar-refractivity contribution in [2.75, 3.05) is 19.6 Å². The van der Waals surface area contributed by atoms with Crippen LogP contribution in [0.1, 0.15) is 19.8 Å². The molecule has 0 spiro atoms. The van der Waals surface area contributed by atoms with Gasteiger partial charge in [0.25, 0.3) is 0 Å². The second-order valence-electron chi connectivity index (χ2n) is 4.54. The highest BCUT2D eigenvalue weighted by atomic mass is 32.2. The third kappa shape index (κ3) is 2.57. The van der Waals surface area contributed by atoms with Gasteiger partial charge < -0.3 is 5.32 Å². The summed E-state index contributed by atoms with van der Waals surface area (Å²) in [6.45, 7) is 4.14. The fraction of sp³-hybridized carbons (Fsp3) is 0.727. The number of nitrogens with one attached hydrogen (secondary N) is 1. The quantitative estimate of drug-likeness (QED) is 0.849. The predicted octanol–water partition coefficient (Wildman–Crippen LogP) is 0.183. The van der Waals surface area contributed by atoms with Gasteiger partial charge in [-0.3, -0.25) is 4.68 Å². The fourth-order valence-corrected chi connectivity index (χ4v) is 4.07. The van der Waals surface area contributed by atoms with Crippen LogP contribution >= 0.6 is 0 Å². The number of hydrogen-bond donors (Lipinski definition) is 1. The van der Waals surface area contributed by atoms with Gasteiger partial charge in [0.1, 0.15) is 4.90 Å². The minimum atomic E-state index is -3.41. The van der Waals surface area contributed by atoms with Crippen LogP contribution in [0.15, 0.2) is 17.3 Å². The van der Waals surface area contributed by atoms with Crippen molar-refractivity contribution in [3.63, 3.8) is 0 Å². The molecule has 0 bridgehead atoms. The molecule has 1 aliphatic rings. The minimum Gasteiger partial charge on any atom is -0.317 e. The molecule has 102 valence electrons. The number of aryl methyl sites for hydroxylation is 1. The van der Waals surface area contributed by atoms with Gasteiger partial charge in [0.15, 0.2) is 0 Å². The van der Waals surface area contributed by atoms with Gasteiger partial charge in [0.2, 0.25) is 10.0 Å². The molecule has 1 aromatic rings. The Bertz CT molecular complexity index is 491. The molecule has 0 aliphatic carbocycles. The number of hydrogen-bond acceptors (Lipinski definition) is 4. The first-order chi connectivity index (χ1) is 8.55. The maximum Gasteiger partial charge on any atom is 0.246 e. The molecular weight excluding hydrogens is 252 g/mol. The lowest BCUT2D eigenvalue weighted by Gasteiger charge is -2.32. The zero-order chi connectivity index (χ0) is 13.2. The van der Waals surface area contributed by atoms with Crippen molar-refractivity contribution in [1.29, 1.82) is 0 Å². The van der Waals surface area contributed by atoms with E-state index in [1.54, 1.807) is 17.5 Å². The highest BCUT2D eigenvalue weighted by molar-refractivity contribution is 7.89. The number of sulfonamides is 1. The lowest BCUT2D eigenvalue weighted by atomic mass is 10.1. The van der Waals surface area contributed by atoms with Crippen molar-refractivity contribution in [2.24, 2.45) is 7.05 Å². The first-order valence-corrected chi connectivity index (χ1v) is 7.71. The molecule has 0 radical (unpaired) electrons. The van der Waals surface area contributed by atoms with E-state index in [1.807, 2.05) is 6.92 Å². The van der Waals surface area contributed by atoms with Gasteiger partial charge in [0, 0.05) is 25.8 Å².